The second kappa shape index (κ2) is 10.7. The van der Waals surface area contributed by atoms with Crippen molar-refractivity contribution in [3.8, 4) is 0 Å². The van der Waals surface area contributed by atoms with Crippen molar-refractivity contribution in [1.82, 2.24) is 15.1 Å². The van der Waals surface area contributed by atoms with Gasteiger partial charge in [0.05, 0.1) is 0 Å². The molecule has 1 amide bonds. The first-order valence-corrected chi connectivity index (χ1v) is 11.5. The highest BCUT2D eigenvalue weighted by Crippen LogP contribution is 2.25. The van der Waals surface area contributed by atoms with Gasteiger partial charge in [-0.1, -0.05) is 32.6 Å². The monoisotopic (exact) mass is 363 g/mol. The number of hydrogen-bond donors (Lipinski definition) is 1. The van der Waals surface area contributed by atoms with Crippen molar-refractivity contribution in [2.24, 2.45) is 5.92 Å². The summed E-state index contributed by atoms with van der Waals surface area (Å²) in [5, 5.41) is 3.39. The van der Waals surface area contributed by atoms with Gasteiger partial charge in [0, 0.05) is 25.0 Å². The highest BCUT2D eigenvalue weighted by molar-refractivity contribution is 5.76. The fourth-order valence-electron chi connectivity index (χ4n) is 5.36. The van der Waals surface area contributed by atoms with Crippen molar-refractivity contribution < 1.29 is 4.79 Å². The lowest BCUT2D eigenvalue weighted by Crippen LogP contribution is -2.51. The highest BCUT2D eigenvalue weighted by Gasteiger charge is 2.28. The summed E-state index contributed by atoms with van der Waals surface area (Å²) in [6.07, 6.45) is 15.2. The number of carbonyl (C=O) groups is 1. The molecule has 0 bridgehead atoms. The fraction of sp³-hybridized carbons (Fsp3) is 0.955. The molecule has 1 aliphatic carbocycles. The molecular weight excluding hydrogens is 322 g/mol. The summed E-state index contributed by atoms with van der Waals surface area (Å²) in [5.74, 6) is 0.913. The van der Waals surface area contributed by atoms with E-state index in [1.165, 1.54) is 96.8 Å². The molecule has 3 rings (SSSR count). The molecule has 0 aromatic carbocycles. The van der Waals surface area contributed by atoms with Crippen molar-refractivity contribution >= 4 is 5.91 Å². The molecule has 0 radical (unpaired) electrons. The summed E-state index contributed by atoms with van der Waals surface area (Å²) < 4.78 is 0. The maximum absolute atomic E-state index is 12.6. The van der Waals surface area contributed by atoms with E-state index in [2.05, 4.69) is 22.0 Å². The molecule has 3 aliphatic rings. The Morgan fingerprint density at radius 1 is 0.923 bits per heavy atom. The predicted octanol–water partition coefficient (Wildman–Crippen LogP) is 3.80. The lowest BCUT2D eigenvalue weighted by Gasteiger charge is -2.38. The first-order chi connectivity index (χ1) is 12.7. The molecule has 0 aromatic rings. The molecular formula is C22H41N3O. The lowest BCUT2D eigenvalue weighted by atomic mass is 9.92. The smallest absolute Gasteiger partial charge is 0.220 e. The molecule has 0 unspecified atom stereocenters. The van der Waals surface area contributed by atoms with E-state index in [1.54, 1.807) is 0 Å². The molecule has 1 saturated carbocycles. The Balaban J connectivity index is 1.38. The van der Waals surface area contributed by atoms with E-state index in [-0.39, 0.29) is 0 Å². The zero-order valence-electron chi connectivity index (χ0n) is 17.1. The van der Waals surface area contributed by atoms with Gasteiger partial charge < -0.3 is 10.2 Å². The molecule has 2 aliphatic heterocycles. The van der Waals surface area contributed by atoms with Gasteiger partial charge >= 0.3 is 0 Å². The molecule has 1 atom stereocenters. The number of piperidine rings is 2. The van der Waals surface area contributed by atoms with Crippen LogP contribution in [-0.2, 0) is 4.79 Å². The molecule has 2 heterocycles. The SMILES string of the molecule is CCCN1CCC(CC(=O)N[C@@H]2CCCN(C3CCCCCC3)C2)CC1. The molecule has 150 valence electrons. The summed E-state index contributed by atoms with van der Waals surface area (Å²) >= 11 is 0. The lowest BCUT2D eigenvalue weighted by molar-refractivity contribution is -0.123. The van der Waals surface area contributed by atoms with E-state index in [4.69, 9.17) is 0 Å². The summed E-state index contributed by atoms with van der Waals surface area (Å²) in [5.41, 5.74) is 0. The normalized spacial score (nSPS) is 28.0. The van der Waals surface area contributed by atoms with Crippen LogP contribution in [0.5, 0.6) is 0 Å². The Morgan fingerprint density at radius 2 is 1.65 bits per heavy atom. The number of carbonyl (C=O) groups excluding carboxylic acids is 1. The van der Waals surface area contributed by atoms with Crippen LogP contribution >= 0.6 is 0 Å². The van der Waals surface area contributed by atoms with E-state index in [1.807, 2.05) is 0 Å². The zero-order chi connectivity index (χ0) is 18.2. The first kappa shape index (κ1) is 20.1. The van der Waals surface area contributed by atoms with Crippen molar-refractivity contribution in [1.29, 1.82) is 0 Å². The van der Waals surface area contributed by atoms with Gasteiger partial charge in [0.1, 0.15) is 0 Å². The summed E-state index contributed by atoms with van der Waals surface area (Å²) in [7, 11) is 0. The van der Waals surface area contributed by atoms with Crippen molar-refractivity contribution in [2.75, 3.05) is 32.7 Å². The molecule has 4 heteroatoms. The fourth-order valence-corrected chi connectivity index (χ4v) is 5.36. The topological polar surface area (TPSA) is 35.6 Å². The maximum atomic E-state index is 12.6. The van der Waals surface area contributed by atoms with E-state index in [9.17, 15) is 4.79 Å². The second-order valence-corrected chi connectivity index (χ2v) is 9.04. The Labute approximate surface area is 161 Å². The highest BCUT2D eigenvalue weighted by atomic mass is 16.1. The van der Waals surface area contributed by atoms with Crippen LogP contribution in [0.4, 0.5) is 0 Å². The van der Waals surface area contributed by atoms with Crippen LogP contribution in [-0.4, -0.2) is 60.5 Å². The maximum Gasteiger partial charge on any atom is 0.220 e. The summed E-state index contributed by atoms with van der Waals surface area (Å²) in [6, 6.07) is 1.17. The van der Waals surface area contributed by atoms with Crippen molar-refractivity contribution in [3.63, 3.8) is 0 Å². The van der Waals surface area contributed by atoms with Gasteiger partial charge in [0.2, 0.25) is 5.91 Å². The third-order valence-corrected chi connectivity index (χ3v) is 6.88. The van der Waals surface area contributed by atoms with Crippen LogP contribution in [0.15, 0.2) is 0 Å². The van der Waals surface area contributed by atoms with Crippen LogP contribution in [0.2, 0.25) is 0 Å². The summed E-state index contributed by atoms with van der Waals surface area (Å²) in [4.78, 5) is 17.8. The number of likely N-dealkylation sites (tertiary alicyclic amines) is 2. The first-order valence-electron chi connectivity index (χ1n) is 11.5. The van der Waals surface area contributed by atoms with Crippen molar-refractivity contribution in [3.05, 3.63) is 0 Å². The van der Waals surface area contributed by atoms with Gasteiger partial charge in [-0.2, -0.15) is 0 Å². The number of nitrogens with one attached hydrogen (secondary N) is 1. The molecule has 26 heavy (non-hydrogen) atoms. The van der Waals surface area contributed by atoms with Gasteiger partial charge in [-0.3, -0.25) is 9.69 Å². The molecule has 2 saturated heterocycles. The Kier molecular flexibility index (Phi) is 8.25. The van der Waals surface area contributed by atoms with E-state index < -0.39 is 0 Å². The van der Waals surface area contributed by atoms with Gasteiger partial charge in [-0.15, -0.1) is 0 Å². The molecule has 1 N–H and O–H groups in total. The van der Waals surface area contributed by atoms with E-state index in [0.29, 0.717) is 17.9 Å². The Morgan fingerprint density at radius 3 is 2.35 bits per heavy atom. The largest absolute Gasteiger partial charge is 0.352 e. The number of nitrogens with zero attached hydrogens (tertiary/aromatic N) is 2. The van der Waals surface area contributed by atoms with Gasteiger partial charge in [-0.05, 0) is 77.0 Å². The van der Waals surface area contributed by atoms with E-state index >= 15 is 0 Å². The minimum absolute atomic E-state index is 0.312. The Bertz CT molecular complexity index is 412. The number of rotatable bonds is 6. The van der Waals surface area contributed by atoms with Crippen LogP contribution < -0.4 is 5.32 Å². The summed E-state index contributed by atoms with van der Waals surface area (Å²) in [6.45, 7) is 8.17. The van der Waals surface area contributed by atoms with Gasteiger partial charge in [-0.25, -0.2) is 0 Å². The minimum atomic E-state index is 0.312. The van der Waals surface area contributed by atoms with Crippen LogP contribution in [0.1, 0.15) is 84.0 Å². The zero-order valence-corrected chi connectivity index (χ0v) is 17.1. The standard InChI is InChI=1S/C22H41N3O/c1-2-13-24-15-11-19(12-16-24)17-22(26)23-20-8-7-14-25(18-20)21-9-5-3-4-6-10-21/h19-21H,2-18H2,1H3,(H,23,26)/t20-/m1/s1. The van der Waals surface area contributed by atoms with Crippen LogP contribution in [0, 0.1) is 5.92 Å². The van der Waals surface area contributed by atoms with Crippen molar-refractivity contribution in [2.45, 2.75) is 96.1 Å². The third-order valence-electron chi connectivity index (χ3n) is 6.88. The third kappa shape index (κ3) is 6.23. The Hall–Kier alpha value is -0.610. The van der Waals surface area contributed by atoms with Crippen LogP contribution in [0.3, 0.4) is 0 Å². The predicted molar refractivity (Wildman–Crippen MR) is 108 cm³/mol. The molecule has 0 spiro atoms. The molecule has 0 aromatic heterocycles. The van der Waals surface area contributed by atoms with E-state index in [0.717, 1.165) is 19.0 Å². The minimum Gasteiger partial charge on any atom is -0.352 e. The average molecular weight is 364 g/mol. The molecule has 3 fully saturated rings. The van der Waals surface area contributed by atoms with Gasteiger partial charge in [0.25, 0.3) is 0 Å². The van der Waals surface area contributed by atoms with Crippen LogP contribution in [0.25, 0.3) is 0 Å². The second-order valence-electron chi connectivity index (χ2n) is 9.04. The number of hydrogen-bond acceptors (Lipinski definition) is 3. The number of amides is 1. The van der Waals surface area contributed by atoms with Gasteiger partial charge in [0.15, 0.2) is 0 Å². The molecule has 4 nitrogen and oxygen atoms in total. The average Bonchev–Trinajstić information content (AvgIpc) is 2.93. The quantitative estimate of drug-likeness (QED) is 0.729.